The molecule has 30 heavy (non-hydrogen) atoms. The average molecular weight is 402 g/mol. The van der Waals surface area contributed by atoms with Crippen molar-refractivity contribution in [3.63, 3.8) is 0 Å². The number of piperidine rings is 1. The normalized spacial score (nSPS) is 16.1. The summed E-state index contributed by atoms with van der Waals surface area (Å²) in [7, 11) is 0. The lowest BCUT2D eigenvalue weighted by Crippen LogP contribution is -2.45. The predicted molar refractivity (Wildman–Crippen MR) is 110 cm³/mol. The van der Waals surface area contributed by atoms with E-state index in [1.807, 2.05) is 12.1 Å². The Labute approximate surface area is 174 Å². The lowest BCUT2D eigenvalue weighted by atomic mass is 10.0. The summed E-state index contributed by atoms with van der Waals surface area (Å²) >= 11 is 0. The molecule has 1 aliphatic rings. The van der Waals surface area contributed by atoms with E-state index in [0.717, 1.165) is 24.0 Å². The van der Waals surface area contributed by atoms with Gasteiger partial charge in [-0.15, -0.1) is 5.10 Å². The number of nitrogens with one attached hydrogen (secondary N) is 1. The van der Waals surface area contributed by atoms with Gasteiger partial charge >= 0.3 is 0 Å². The Balaban J connectivity index is 1.67. The molecule has 152 valence electrons. The fourth-order valence-corrected chi connectivity index (χ4v) is 3.55. The van der Waals surface area contributed by atoms with Crippen molar-refractivity contribution in [3.8, 4) is 23.1 Å². The predicted octanol–water partition coefficient (Wildman–Crippen LogP) is 2.49. The SMILES string of the molecule is N#Cc1ccc(-c2c(OCc3cccnc3)n[nH]c2C(=O)N2CCC[C@@H](N)C2)cc1. The number of amides is 1. The van der Waals surface area contributed by atoms with E-state index in [0.29, 0.717) is 35.8 Å². The highest BCUT2D eigenvalue weighted by Crippen LogP contribution is 2.33. The van der Waals surface area contributed by atoms with E-state index >= 15 is 0 Å². The number of aromatic amines is 1. The lowest BCUT2D eigenvalue weighted by Gasteiger charge is -2.30. The van der Waals surface area contributed by atoms with Crippen LogP contribution in [-0.4, -0.2) is 45.1 Å². The van der Waals surface area contributed by atoms with Gasteiger partial charge in [-0.3, -0.25) is 14.9 Å². The Morgan fingerprint density at radius 2 is 2.17 bits per heavy atom. The zero-order valence-electron chi connectivity index (χ0n) is 16.4. The van der Waals surface area contributed by atoms with Crippen LogP contribution < -0.4 is 10.5 Å². The molecule has 1 amide bonds. The Hall–Kier alpha value is -3.70. The van der Waals surface area contributed by atoms with Crippen molar-refractivity contribution in [1.82, 2.24) is 20.1 Å². The van der Waals surface area contributed by atoms with Gasteiger partial charge in [0.25, 0.3) is 5.91 Å². The third-order valence-electron chi connectivity index (χ3n) is 5.09. The third kappa shape index (κ3) is 4.16. The van der Waals surface area contributed by atoms with Crippen LogP contribution in [0.1, 0.15) is 34.5 Å². The van der Waals surface area contributed by atoms with Gasteiger partial charge in [0.1, 0.15) is 12.3 Å². The molecule has 1 aliphatic heterocycles. The number of hydrogen-bond acceptors (Lipinski definition) is 6. The van der Waals surface area contributed by atoms with Gasteiger partial charge in [0.2, 0.25) is 5.88 Å². The van der Waals surface area contributed by atoms with E-state index in [4.69, 9.17) is 15.7 Å². The summed E-state index contributed by atoms with van der Waals surface area (Å²) in [4.78, 5) is 19.1. The second kappa shape index (κ2) is 8.76. The van der Waals surface area contributed by atoms with Crippen LogP contribution in [0.2, 0.25) is 0 Å². The maximum Gasteiger partial charge on any atom is 0.272 e. The highest BCUT2D eigenvalue weighted by Gasteiger charge is 2.28. The fraction of sp³-hybridized carbons (Fsp3) is 0.273. The Bertz CT molecular complexity index is 1060. The standard InChI is InChI=1S/C22H22N6O2/c23-11-15-5-7-17(8-6-15)19-20(22(29)28-10-2-4-18(24)13-28)26-27-21(19)30-14-16-3-1-9-25-12-16/h1,3,5-9,12,18H,2,4,10,13-14,24H2,(H,26,27)/t18-/m1/s1. The molecule has 0 bridgehead atoms. The molecule has 8 nitrogen and oxygen atoms in total. The van der Waals surface area contributed by atoms with Crippen molar-refractivity contribution in [2.75, 3.05) is 13.1 Å². The number of benzene rings is 1. The molecule has 0 spiro atoms. The van der Waals surface area contributed by atoms with E-state index in [1.165, 1.54) is 0 Å². The molecular weight excluding hydrogens is 380 g/mol. The number of carbonyl (C=O) groups is 1. The largest absolute Gasteiger partial charge is 0.471 e. The topological polar surface area (TPSA) is 121 Å². The first-order valence-corrected chi connectivity index (χ1v) is 9.81. The highest BCUT2D eigenvalue weighted by atomic mass is 16.5. The van der Waals surface area contributed by atoms with Crippen LogP contribution in [0.15, 0.2) is 48.8 Å². The molecule has 2 aromatic heterocycles. The first-order chi connectivity index (χ1) is 14.7. The van der Waals surface area contributed by atoms with Crippen LogP contribution in [0.4, 0.5) is 0 Å². The summed E-state index contributed by atoms with van der Waals surface area (Å²) in [5, 5.41) is 16.2. The van der Waals surface area contributed by atoms with Gasteiger partial charge in [-0.05, 0) is 36.6 Å². The fourth-order valence-electron chi connectivity index (χ4n) is 3.55. The molecule has 1 atom stereocenters. The van der Waals surface area contributed by atoms with E-state index < -0.39 is 0 Å². The summed E-state index contributed by atoms with van der Waals surface area (Å²) in [5.74, 6) is 0.168. The molecule has 0 unspecified atom stereocenters. The number of nitrogens with two attached hydrogens (primary N) is 1. The van der Waals surface area contributed by atoms with Crippen molar-refractivity contribution < 1.29 is 9.53 Å². The zero-order chi connectivity index (χ0) is 20.9. The average Bonchev–Trinajstić information content (AvgIpc) is 3.22. The maximum atomic E-state index is 13.2. The number of carbonyl (C=O) groups excluding carboxylic acids is 1. The molecule has 1 saturated heterocycles. The molecule has 0 radical (unpaired) electrons. The van der Waals surface area contributed by atoms with Crippen molar-refractivity contribution in [1.29, 1.82) is 5.26 Å². The van der Waals surface area contributed by atoms with E-state index in [9.17, 15) is 4.79 Å². The minimum absolute atomic E-state index is 0.0229. The summed E-state index contributed by atoms with van der Waals surface area (Å²) in [6.45, 7) is 1.44. The molecule has 4 rings (SSSR count). The van der Waals surface area contributed by atoms with Crippen LogP contribution in [0.25, 0.3) is 11.1 Å². The number of ether oxygens (including phenoxy) is 1. The molecule has 1 fully saturated rings. The van der Waals surface area contributed by atoms with Gasteiger partial charge in [0.15, 0.2) is 0 Å². The Morgan fingerprint density at radius 3 is 2.87 bits per heavy atom. The first kappa shape index (κ1) is 19.6. The number of aromatic nitrogens is 3. The summed E-state index contributed by atoms with van der Waals surface area (Å²) in [6.07, 6.45) is 5.20. The van der Waals surface area contributed by atoms with E-state index in [1.54, 1.807) is 41.6 Å². The van der Waals surface area contributed by atoms with Gasteiger partial charge in [0, 0.05) is 37.1 Å². The summed E-state index contributed by atoms with van der Waals surface area (Å²) in [5.41, 5.74) is 9.16. The molecule has 1 aromatic carbocycles. The molecular formula is C22H22N6O2. The van der Waals surface area contributed by atoms with Crippen LogP contribution in [0.3, 0.4) is 0 Å². The molecule has 0 saturated carbocycles. The number of pyridine rings is 1. The van der Waals surface area contributed by atoms with Crippen LogP contribution >= 0.6 is 0 Å². The molecule has 8 heteroatoms. The zero-order valence-corrected chi connectivity index (χ0v) is 16.4. The second-order valence-electron chi connectivity index (χ2n) is 7.27. The van der Waals surface area contributed by atoms with Gasteiger partial charge < -0.3 is 15.4 Å². The lowest BCUT2D eigenvalue weighted by molar-refractivity contribution is 0.0703. The molecule has 3 heterocycles. The minimum Gasteiger partial charge on any atom is -0.471 e. The third-order valence-corrected chi connectivity index (χ3v) is 5.09. The number of likely N-dealkylation sites (tertiary alicyclic amines) is 1. The Kier molecular flexibility index (Phi) is 5.72. The van der Waals surface area contributed by atoms with Gasteiger partial charge in [-0.25, -0.2) is 0 Å². The van der Waals surface area contributed by atoms with Crippen LogP contribution in [0.5, 0.6) is 5.88 Å². The monoisotopic (exact) mass is 402 g/mol. The molecule has 3 aromatic rings. The number of hydrogen-bond donors (Lipinski definition) is 2. The number of nitriles is 1. The van der Waals surface area contributed by atoms with Crippen molar-refractivity contribution in [2.24, 2.45) is 5.73 Å². The summed E-state index contributed by atoms with van der Waals surface area (Å²) in [6, 6.07) is 12.8. The number of nitrogens with zero attached hydrogens (tertiary/aromatic N) is 4. The molecule has 0 aliphatic carbocycles. The maximum absolute atomic E-state index is 13.2. The quantitative estimate of drug-likeness (QED) is 0.676. The molecule has 3 N–H and O–H groups in total. The van der Waals surface area contributed by atoms with Crippen molar-refractivity contribution in [2.45, 2.75) is 25.5 Å². The van der Waals surface area contributed by atoms with E-state index in [-0.39, 0.29) is 18.6 Å². The van der Waals surface area contributed by atoms with E-state index in [2.05, 4.69) is 21.3 Å². The minimum atomic E-state index is -0.159. The second-order valence-corrected chi connectivity index (χ2v) is 7.27. The van der Waals surface area contributed by atoms with Gasteiger partial charge in [-0.1, -0.05) is 18.2 Å². The number of rotatable bonds is 5. The smallest absolute Gasteiger partial charge is 0.272 e. The number of H-pyrrole nitrogens is 1. The van der Waals surface area contributed by atoms with Crippen molar-refractivity contribution in [3.05, 3.63) is 65.6 Å². The Morgan fingerprint density at radius 1 is 1.33 bits per heavy atom. The van der Waals surface area contributed by atoms with Crippen LogP contribution in [0, 0.1) is 11.3 Å². The van der Waals surface area contributed by atoms with Gasteiger partial charge in [0.05, 0.1) is 17.2 Å². The van der Waals surface area contributed by atoms with Gasteiger partial charge in [-0.2, -0.15) is 5.26 Å². The van der Waals surface area contributed by atoms with Crippen LogP contribution in [-0.2, 0) is 6.61 Å². The summed E-state index contributed by atoms with van der Waals surface area (Å²) < 4.78 is 5.93. The first-order valence-electron chi connectivity index (χ1n) is 9.81. The van der Waals surface area contributed by atoms with Crippen molar-refractivity contribution >= 4 is 5.91 Å². The highest BCUT2D eigenvalue weighted by molar-refractivity contribution is 6.00.